The molecule has 0 amide bonds. The maximum atomic E-state index is 0. The SMILES string of the molecule is [MgH2].[Nd].[SiH4].[Ti]. The van der Waals surface area contributed by atoms with E-state index >= 15 is 0 Å². The minimum Gasteiger partial charge on any atom is -0.0149 e. The van der Waals surface area contributed by atoms with Gasteiger partial charge in [0.2, 0.25) is 0 Å². The monoisotopic (exact) mass is 248 g/mol. The van der Waals surface area contributed by atoms with Gasteiger partial charge in [0, 0.05) is 62.6 Å². The Morgan fingerprint density at radius 2 is 1.00 bits per heavy atom. The van der Waals surface area contributed by atoms with Crippen molar-refractivity contribution in [3.05, 3.63) is 0 Å². The quantitative estimate of drug-likeness (QED) is 0.422. The zero-order valence-electron chi connectivity index (χ0n) is 1.00. The van der Waals surface area contributed by atoms with Gasteiger partial charge in [0.05, 0.1) is 0 Å². The van der Waals surface area contributed by atoms with Gasteiger partial charge in [-0.1, -0.05) is 0 Å². The largest absolute Gasteiger partial charge is 0.316 e. The second-order valence-electron chi connectivity index (χ2n) is 0. The van der Waals surface area contributed by atoms with Crippen molar-refractivity contribution in [2.75, 3.05) is 0 Å². The molecule has 0 spiro atoms. The molecule has 0 saturated heterocycles. The van der Waals surface area contributed by atoms with Gasteiger partial charge in [-0.2, -0.15) is 0 Å². The van der Waals surface area contributed by atoms with E-state index in [4.69, 9.17) is 0 Å². The first-order valence-electron chi connectivity index (χ1n) is 0. The van der Waals surface area contributed by atoms with Crippen LogP contribution < -0.4 is 0 Å². The average Bonchev–Trinajstić information content (AvgIpc) is 0. The molecule has 0 radical (unpaired) electrons. The van der Waals surface area contributed by atoms with E-state index in [0.29, 0.717) is 0 Å². The van der Waals surface area contributed by atoms with Crippen LogP contribution in [0.4, 0.5) is 0 Å². The molecular weight excluding hydrogens is 244 g/mol. The molecule has 0 unspecified atom stereocenters. The Labute approximate surface area is 94.4 Å². The molecule has 0 saturated carbocycles. The van der Waals surface area contributed by atoms with Crippen LogP contribution >= 0.6 is 0 Å². The zero-order chi connectivity index (χ0) is 0. The molecule has 20 valence electrons. The number of rotatable bonds is 0. The van der Waals surface area contributed by atoms with Gasteiger partial charge >= 0.3 is 23.1 Å². The van der Waals surface area contributed by atoms with E-state index < -0.39 is 0 Å². The predicted molar refractivity (Wildman–Crippen MR) is 19.9 cm³/mol. The van der Waals surface area contributed by atoms with Crippen molar-refractivity contribution in [3.8, 4) is 0 Å². The van der Waals surface area contributed by atoms with Crippen LogP contribution in [-0.4, -0.2) is 34.0 Å². The van der Waals surface area contributed by atoms with Crippen molar-refractivity contribution >= 4 is 34.0 Å². The summed E-state index contributed by atoms with van der Waals surface area (Å²) in [5, 5.41) is 0. The van der Waals surface area contributed by atoms with Crippen LogP contribution in [0.3, 0.4) is 0 Å². The van der Waals surface area contributed by atoms with Gasteiger partial charge in [-0.3, -0.25) is 0 Å². The molecule has 0 N–H and O–H groups in total. The summed E-state index contributed by atoms with van der Waals surface area (Å²) < 4.78 is 0. The van der Waals surface area contributed by atoms with E-state index in [0.717, 1.165) is 0 Å². The summed E-state index contributed by atoms with van der Waals surface area (Å²) in [6.45, 7) is 0. The molecule has 0 aliphatic rings. The summed E-state index contributed by atoms with van der Waals surface area (Å²) in [6.07, 6.45) is 0. The summed E-state index contributed by atoms with van der Waals surface area (Å²) >= 11 is 0. The first-order valence-corrected chi connectivity index (χ1v) is 0. The van der Waals surface area contributed by atoms with Crippen LogP contribution in [-0.2, 0) is 21.7 Å². The van der Waals surface area contributed by atoms with Gasteiger partial charge in [-0.25, -0.2) is 0 Å². The van der Waals surface area contributed by atoms with Gasteiger partial charge in [0.1, 0.15) is 0 Å². The molecule has 0 aliphatic carbocycles. The molecule has 4 heteroatoms. The molecule has 0 rings (SSSR count). The summed E-state index contributed by atoms with van der Waals surface area (Å²) in [4.78, 5) is 0. The van der Waals surface area contributed by atoms with E-state index in [1.807, 2.05) is 0 Å². The van der Waals surface area contributed by atoms with Crippen LogP contribution in [0, 0.1) is 40.8 Å². The minimum atomic E-state index is 0. The standard InChI is InChI=1S/Mg.Nd.H4Si.Ti.2H/h;;1H4;;;. The third kappa shape index (κ3) is 8.90. The molecular formula is H6MgNdSiTi. The molecule has 0 bridgehead atoms. The molecule has 0 fully saturated rings. The van der Waals surface area contributed by atoms with Crippen LogP contribution in [0.1, 0.15) is 0 Å². The fourth-order valence-corrected chi connectivity index (χ4v) is 0. The molecule has 0 aliphatic heterocycles. The molecule has 0 atom stereocenters. The molecule has 0 heterocycles. The third-order valence-electron chi connectivity index (χ3n) is 0. The van der Waals surface area contributed by atoms with E-state index in [1.165, 1.54) is 0 Å². The van der Waals surface area contributed by atoms with Crippen LogP contribution in [0.5, 0.6) is 0 Å². The zero-order valence-corrected chi connectivity index (χ0v) is 5.77. The minimum absolute atomic E-state index is 0. The van der Waals surface area contributed by atoms with Crippen molar-refractivity contribution < 1.29 is 62.6 Å². The first kappa shape index (κ1) is 27.7. The second kappa shape index (κ2) is 16.6. The topological polar surface area (TPSA) is 0 Å². The van der Waals surface area contributed by atoms with Gasteiger partial charge in [-0.05, 0) is 11.0 Å². The van der Waals surface area contributed by atoms with Crippen molar-refractivity contribution in [2.45, 2.75) is 0 Å². The summed E-state index contributed by atoms with van der Waals surface area (Å²) in [7, 11) is 0. The fraction of sp³-hybridized carbons (Fsp3) is 0. The Morgan fingerprint density at radius 1 is 1.00 bits per heavy atom. The number of hydrogen-bond acceptors (Lipinski definition) is 0. The third-order valence-corrected chi connectivity index (χ3v) is 0. The van der Waals surface area contributed by atoms with Gasteiger partial charge < -0.3 is 0 Å². The van der Waals surface area contributed by atoms with Gasteiger partial charge in [0.15, 0.2) is 0 Å². The molecule has 0 aromatic heterocycles. The Kier molecular flexibility index (Phi) is 115. The molecule has 0 nitrogen and oxygen atoms in total. The van der Waals surface area contributed by atoms with Crippen molar-refractivity contribution in [1.29, 1.82) is 0 Å². The predicted octanol–water partition coefficient (Wildman–Crippen LogP) is -2.37. The normalized spacial score (nSPS) is 0. The average molecular weight is 251 g/mol. The van der Waals surface area contributed by atoms with Gasteiger partial charge in [-0.15, -0.1) is 0 Å². The van der Waals surface area contributed by atoms with E-state index in [9.17, 15) is 0 Å². The maximum absolute atomic E-state index is 0. The molecule has 0 aromatic carbocycles. The summed E-state index contributed by atoms with van der Waals surface area (Å²) in [5.41, 5.74) is 0. The van der Waals surface area contributed by atoms with E-state index in [2.05, 4.69) is 0 Å². The molecule has 4 heavy (non-hydrogen) atoms. The van der Waals surface area contributed by atoms with Crippen molar-refractivity contribution in [3.63, 3.8) is 0 Å². The van der Waals surface area contributed by atoms with E-state index in [-0.39, 0.29) is 96.6 Å². The second-order valence-corrected chi connectivity index (χ2v) is 0. The van der Waals surface area contributed by atoms with Crippen LogP contribution in [0.25, 0.3) is 0 Å². The van der Waals surface area contributed by atoms with Crippen molar-refractivity contribution in [2.24, 2.45) is 0 Å². The first-order chi connectivity index (χ1) is 0. The maximum Gasteiger partial charge on any atom is 0.316 e. The Bertz CT molecular complexity index is 8.00. The fourth-order valence-electron chi connectivity index (χ4n) is 0. The van der Waals surface area contributed by atoms with Crippen LogP contribution in [0.15, 0.2) is 0 Å². The molecule has 0 aromatic rings. The summed E-state index contributed by atoms with van der Waals surface area (Å²) in [5.74, 6) is 0. The Balaban J connectivity index is 0. The number of hydrogen-bond donors (Lipinski definition) is 0. The van der Waals surface area contributed by atoms with Gasteiger partial charge in [0.25, 0.3) is 0 Å². The van der Waals surface area contributed by atoms with Crippen LogP contribution in [0.2, 0.25) is 0 Å². The smallest absolute Gasteiger partial charge is 0.0149 e. The summed E-state index contributed by atoms with van der Waals surface area (Å²) in [6, 6.07) is 0. The Hall–Kier alpha value is 3.05. The van der Waals surface area contributed by atoms with Crippen molar-refractivity contribution in [1.82, 2.24) is 0 Å². The van der Waals surface area contributed by atoms with E-state index in [1.54, 1.807) is 0 Å². The Morgan fingerprint density at radius 3 is 1.00 bits per heavy atom.